The molecular weight excluding hydrogens is 254 g/mol. The molecule has 0 bridgehead atoms. The van der Waals surface area contributed by atoms with E-state index in [1.165, 1.54) is 15.8 Å². The molecule has 1 aromatic carbocycles. The molecule has 1 aromatic heterocycles. The molecule has 0 aliphatic carbocycles. The number of piperazine rings is 1. The number of aromatic nitrogens is 1. The van der Waals surface area contributed by atoms with Crippen LogP contribution in [0.1, 0.15) is 6.42 Å². The fourth-order valence-electron chi connectivity index (χ4n) is 2.82. The third-order valence-electron chi connectivity index (χ3n) is 3.92. The van der Waals surface area contributed by atoms with Gasteiger partial charge in [0.05, 0.1) is 0 Å². The molecule has 3 rings (SSSR count). The summed E-state index contributed by atoms with van der Waals surface area (Å²) < 4.78 is 2.23. The van der Waals surface area contributed by atoms with Crippen LogP contribution in [-0.2, 0) is 6.54 Å². The number of nitrogens with zero attached hydrogens (tertiary/aromatic N) is 2. The number of aryl methyl sites for hydroxylation is 1. The van der Waals surface area contributed by atoms with E-state index in [9.17, 15) is 4.79 Å². The summed E-state index contributed by atoms with van der Waals surface area (Å²) in [5.41, 5.74) is 1.23. The van der Waals surface area contributed by atoms with Crippen LogP contribution < -0.4 is 5.32 Å². The summed E-state index contributed by atoms with van der Waals surface area (Å²) in [5, 5.41) is 13.7. The molecule has 0 radical (unpaired) electrons. The Morgan fingerprint density at radius 1 is 1.35 bits per heavy atom. The minimum atomic E-state index is -0.817. The maximum atomic E-state index is 11.0. The van der Waals surface area contributed by atoms with E-state index in [-0.39, 0.29) is 6.04 Å². The second-order valence-corrected chi connectivity index (χ2v) is 5.24. The van der Waals surface area contributed by atoms with E-state index < -0.39 is 6.09 Å². The highest BCUT2D eigenvalue weighted by molar-refractivity contribution is 5.79. The largest absolute Gasteiger partial charge is 0.465 e. The summed E-state index contributed by atoms with van der Waals surface area (Å²) in [5.74, 6) is 0. The number of hydrogen-bond acceptors (Lipinski definition) is 2. The summed E-state index contributed by atoms with van der Waals surface area (Å²) in [6, 6.07) is 10.7. The smallest absolute Gasteiger partial charge is 0.407 e. The van der Waals surface area contributed by atoms with Crippen LogP contribution in [0.3, 0.4) is 0 Å². The fraction of sp³-hybridized carbons (Fsp3) is 0.400. The lowest BCUT2D eigenvalue weighted by Gasteiger charge is -2.32. The Labute approximate surface area is 117 Å². The van der Waals surface area contributed by atoms with Gasteiger partial charge in [0, 0.05) is 43.9 Å². The molecule has 2 heterocycles. The topological polar surface area (TPSA) is 57.5 Å². The van der Waals surface area contributed by atoms with Crippen molar-refractivity contribution in [2.75, 3.05) is 19.6 Å². The van der Waals surface area contributed by atoms with E-state index in [4.69, 9.17) is 5.11 Å². The molecule has 5 nitrogen and oxygen atoms in total. The van der Waals surface area contributed by atoms with E-state index in [1.54, 1.807) is 0 Å². The number of nitrogens with one attached hydrogen (secondary N) is 1. The molecule has 2 aromatic rings. The van der Waals surface area contributed by atoms with Gasteiger partial charge in [0.1, 0.15) is 0 Å². The molecule has 1 unspecified atom stereocenters. The van der Waals surface area contributed by atoms with E-state index >= 15 is 0 Å². The maximum Gasteiger partial charge on any atom is 0.407 e. The van der Waals surface area contributed by atoms with Crippen LogP contribution in [0.25, 0.3) is 10.9 Å². The number of carboxylic acid groups (broad SMARTS) is 1. The van der Waals surface area contributed by atoms with Crippen molar-refractivity contribution in [1.82, 2.24) is 14.8 Å². The number of rotatable bonds is 3. The standard InChI is InChI=1S/C15H19N3O2/c19-15(20)18-10-7-16-13(11-18)6-9-17-8-5-12-3-1-2-4-14(12)17/h1-5,8,13,16H,6-7,9-11H2,(H,19,20). The Morgan fingerprint density at radius 2 is 2.20 bits per heavy atom. The Kier molecular flexibility index (Phi) is 3.60. The van der Waals surface area contributed by atoms with Gasteiger partial charge in [-0.15, -0.1) is 0 Å². The normalized spacial score (nSPS) is 19.4. The number of benzene rings is 1. The molecule has 5 heteroatoms. The average molecular weight is 273 g/mol. The molecule has 1 atom stereocenters. The van der Waals surface area contributed by atoms with Crippen LogP contribution in [0.4, 0.5) is 4.79 Å². The highest BCUT2D eigenvalue weighted by Gasteiger charge is 2.22. The van der Waals surface area contributed by atoms with Crippen molar-refractivity contribution in [2.24, 2.45) is 0 Å². The zero-order valence-corrected chi connectivity index (χ0v) is 11.3. The molecule has 0 saturated carbocycles. The second kappa shape index (κ2) is 5.54. The molecule has 1 aliphatic heterocycles. The van der Waals surface area contributed by atoms with Crippen LogP contribution in [-0.4, -0.2) is 46.3 Å². The van der Waals surface area contributed by atoms with Gasteiger partial charge >= 0.3 is 6.09 Å². The van der Waals surface area contributed by atoms with Crippen molar-refractivity contribution >= 4 is 17.0 Å². The molecule has 20 heavy (non-hydrogen) atoms. The molecular formula is C15H19N3O2. The third kappa shape index (κ3) is 2.63. The van der Waals surface area contributed by atoms with Crippen LogP contribution in [0.5, 0.6) is 0 Å². The summed E-state index contributed by atoms with van der Waals surface area (Å²) in [6.07, 6.45) is 2.22. The SMILES string of the molecule is O=C(O)N1CCNC(CCn2ccc3ccccc32)C1. The van der Waals surface area contributed by atoms with Crippen molar-refractivity contribution < 1.29 is 9.90 Å². The number of para-hydroxylation sites is 1. The first-order valence-corrected chi connectivity index (χ1v) is 6.99. The lowest BCUT2D eigenvalue weighted by molar-refractivity contribution is 0.127. The van der Waals surface area contributed by atoms with Gasteiger partial charge in [-0.2, -0.15) is 0 Å². The number of carbonyl (C=O) groups is 1. The monoisotopic (exact) mass is 273 g/mol. The highest BCUT2D eigenvalue weighted by atomic mass is 16.4. The lowest BCUT2D eigenvalue weighted by Crippen LogP contribution is -2.52. The Morgan fingerprint density at radius 3 is 3.05 bits per heavy atom. The predicted octanol–water partition coefficient (Wildman–Crippen LogP) is 1.98. The van der Waals surface area contributed by atoms with Crippen molar-refractivity contribution in [2.45, 2.75) is 19.0 Å². The first kappa shape index (κ1) is 13.0. The van der Waals surface area contributed by atoms with Gasteiger partial charge in [0.15, 0.2) is 0 Å². The number of amides is 1. The third-order valence-corrected chi connectivity index (χ3v) is 3.92. The molecule has 0 spiro atoms. The average Bonchev–Trinajstić information content (AvgIpc) is 2.89. The van der Waals surface area contributed by atoms with Gasteiger partial charge < -0.3 is 19.9 Å². The number of fused-ring (bicyclic) bond motifs is 1. The molecule has 1 amide bonds. The van der Waals surface area contributed by atoms with Gasteiger partial charge in [0.2, 0.25) is 0 Å². The minimum Gasteiger partial charge on any atom is -0.465 e. The van der Waals surface area contributed by atoms with E-state index in [0.717, 1.165) is 19.5 Å². The van der Waals surface area contributed by atoms with E-state index in [0.29, 0.717) is 13.1 Å². The zero-order valence-electron chi connectivity index (χ0n) is 11.3. The molecule has 1 fully saturated rings. The van der Waals surface area contributed by atoms with Crippen LogP contribution in [0.2, 0.25) is 0 Å². The maximum absolute atomic E-state index is 11.0. The van der Waals surface area contributed by atoms with Crippen LogP contribution >= 0.6 is 0 Å². The second-order valence-electron chi connectivity index (χ2n) is 5.24. The summed E-state index contributed by atoms with van der Waals surface area (Å²) in [6.45, 7) is 2.80. The minimum absolute atomic E-state index is 0.237. The highest BCUT2D eigenvalue weighted by Crippen LogP contribution is 2.16. The molecule has 1 saturated heterocycles. The van der Waals surface area contributed by atoms with Crippen molar-refractivity contribution in [3.63, 3.8) is 0 Å². The number of hydrogen-bond donors (Lipinski definition) is 2. The molecule has 2 N–H and O–H groups in total. The fourth-order valence-corrected chi connectivity index (χ4v) is 2.82. The summed E-state index contributed by atoms with van der Waals surface area (Å²) in [4.78, 5) is 12.5. The van der Waals surface area contributed by atoms with Crippen molar-refractivity contribution in [3.05, 3.63) is 36.5 Å². The van der Waals surface area contributed by atoms with Crippen molar-refractivity contribution in [1.29, 1.82) is 0 Å². The van der Waals surface area contributed by atoms with Crippen LogP contribution in [0, 0.1) is 0 Å². The van der Waals surface area contributed by atoms with Crippen molar-refractivity contribution in [3.8, 4) is 0 Å². The first-order valence-electron chi connectivity index (χ1n) is 6.99. The van der Waals surface area contributed by atoms with Gasteiger partial charge in [-0.3, -0.25) is 0 Å². The molecule has 106 valence electrons. The Hall–Kier alpha value is -2.01. The summed E-state index contributed by atoms with van der Waals surface area (Å²) in [7, 11) is 0. The predicted molar refractivity (Wildman–Crippen MR) is 77.9 cm³/mol. The summed E-state index contributed by atoms with van der Waals surface area (Å²) >= 11 is 0. The van der Waals surface area contributed by atoms with Gasteiger partial charge in [-0.1, -0.05) is 18.2 Å². The van der Waals surface area contributed by atoms with Crippen LogP contribution in [0.15, 0.2) is 36.5 Å². The van der Waals surface area contributed by atoms with Gasteiger partial charge in [-0.05, 0) is 23.9 Å². The van der Waals surface area contributed by atoms with E-state index in [2.05, 4.69) is 34.3 Å². The Bertz CT molecular complexity index is 608. The zero-order chi connectivity index (χ0) is 13.9. The first-order chi connectivity index (χ1) is 9.74. The van der Waals surface area contributed by atoms with Gasteiger partial charge in [0.25, 0.3) is 0 Å². The van der Waals surface area contributed by atoms with Gasteiger partial charge in [-0.25, -0.2) is 4.79 Å². The molecule has 1 aliphatic rings. The Balaban J connectivity index is 1.63. The van der Waals surface area contributed by atoms with E-state index in [1.807, 2.05) is 12.1 Å². The lowest BCUT2D eigenvalue weighted by atomic mass is 10.1. The quantitative estimate of drug-likeness (QED) is 0.899.